The minimum Gasteiger partial charge on any atom is -0.484 e. The van der Waals surface area contributed by atoms with Crippen LogP contribution in [0.4, 0.5) is 0 Å². The summed E-state index contributed by atoms with van der Waals surface area (Å²) in [4.78, 5) is 3.96. The summed E-state index contributed by atoms with van der Waals surface area (Å²) in [6, 6.07) is 5.25. The van der Waals surface area contributed by atoms with Crippen LogP contribution < -0.4 is 4.74 Å². The van der Waals surface area contributed by atoms with Crippen molar-refractivity contribution in [3.8, 4) is 11.8 Å². The molecule has 1 aromatic rings. The summed E-state index contributed by atoms with van der Waals surface area (Å²) in [6.45, 7) is 3.22. The number of pyridine rings is 1. The largest absolute Gasteiger partial charge is 0.484 e. The molecule has 0 fully saturated rings. The average molecular weight is 553 g/mol. The van der Waals surface area contributed by atoms with E-state index in [1.165, 1.54) is 103 Å². The van der Waals surface area contributed by atoms with Crippen LogP contribution >= 0.6 is 0 Å². The van der Waals surface area contributed by atoms with Gasteiger partial charge in [-0.05, 0) is 18.6 Å². The Morgan fingerprint density at radius 3 is 1.79 bits per heavy atom. The SMILES string of the molecule is CCCCCCCCCCCCCCCCCCOCC(CO)Oc1ccc(C#N)nc1.[Pd]. The molecule has 33 heavy (non-hydrogen) atoms. The fraction of sp³-hybridized carbons (Fsp3) is 0.778. The van der Waals surface area contributed by atoms with Crippen molar-refractivity contribution in [1.29, 1.82) is 5.26 Å². The van der Waals surface area contributed by atoms with Crippen molar-refractivity contribution >= 4 is 0 Å². The maximum Gasteiger partial charge on any atom is 0.145 e. The molecule has 0 aliphatic carbocycles. The number of hydrogen-bond donors (Lipinski definition) is 1. The minimum absolute atomic E-state index is 0. The van der Waals surface area contributed by atoms with E-state index < -0.39 is 6.10 Å². The zero-order valence-electron chi connectivity index (χ0n) is 20.7. The van der Waals surface area contributed by atoms with Crippen LogP contribution in [-0.4, -0.2) is 36.0 Å². The molecule has 6 heteroatoms. The van der Waals surface area contributed by atoms with E-state index in [0.29, 0.717) is 24.7 Å². The van der Waals surface area contributed by atoms with Crippen LogP contribution in [0.25, 0.3) is 0 Å². The molecule has 1 heterocycles. The molecular weight excluding hydrogens is 507 g/mol. The van der Waals surface area contributed by atoms with Gasteiger partial charge in [-0.15, -0.1) is 0 Å². The molecule has 1 N–H and O–H groups in total. The molecule has 0 amide bonds. The fourth-order valence-corrected chi connectivity index (χ4v) is 3.80. The molecule has 0 saturated heterocycles. The quantitative estimate of drug-likeness (QED) is 0.124. The topological polar surface area (TPSA) is 75.4 Å². The minimum atomic E-state index is -0.411. The van der Waals surface area contributed by atoms with E-state index >= 15 is 0 Å². The van der Waals surface area contributed by atoms with Crippen molar-refractivity contribution in [1.82, 2.24) is 4.98 Å². The summed E-state index contributed by atoms with van der Waals surface area (Å²) in [5.41, 5.74) is 0.345. The zero-order valence-corrected chi connectivity index (χ0v) is 22.3. The molecule has 1 aromatic heterocycles. The van der Waals surface area contributed by atoms with E-state index in [1.807, 2.05) is 6.07 Å². The van der Waals surface area contributed by atoms with Crippen molar-refractivity contribution in [2.75, 3.05) is 19.8 Å². The van der Waals surface area contributed by atoms with Crippen LogP contribution in [0.3, 0.4) is 0 Å². The van der Waals surface area contributed by atoms with E-state index in [2.05, 4.69) is 11.9 Å². The van der Waals surface area contributed by atoms with E-state index in [1.54, 1.807) is 12.1 Å². The third kappa shape index (κ3) is 19.1. The van der Waals surface area contributed by atoms with Gasteiger partial charge < -0.3 is 14.6 Å². The molecule has 1 atom stereocenters. The monoisotopic (exact) mass is 552 g/mol. The van der Waals surface area contributed by atoms with Gasteiger partial charge in [0.1, 0.15) is 23.6 Å². The van der Waals surface area contributed by atoms with Crippen molar-refractivity contribution in [3.63, 3.8) is 0 Å². The Balaban J connectivity index is 0.0000102. The standard InChI is InChI=1S/C27H46N2O3.Pd/c1-2-3-4-5-6-7-8-9-10-11-12-13-14-15-16-17-20-31-24-27(23-30)32-26-19-18-25(21-28)29-22-26;/h18-19,22,27,30H,2-17,20,23-24H2,1H3;. The summed E-state index contributed by atoms with van der Waals surface area (Å²) in [5.74, 6) is 0.536. The molecule has 0 aliphatic heterocycles. The number of nitriles is 1. The third-order valence-corrected chi connectivity index (χ3v) is 5.80. The van der Waals surface area contributed by atoms with E-state index in [4.69, 9.17) is 14.7 Å². The normalized spacial score (nSPS) is 11.5. The molecule has 5 nitrogen and oxygen atoms in total. The first kappa shape index (κ1) is 32.0. The van der Waals surface area contributed by atoms with Gasteiger partial charge in [0.05, 0.1) is 19.4 Å². The third-order valence-electron chi connectivity index (χ3n) is 5.80. The number of nitrogens with zero attached hydrogens (tertiary/aromatic N) is 2. The first-order chi connectivity index (χ1) is 15.8. The van der Waals surface area contributed by atoms with Gasteiger partial charge in [0.25, 0.3) is 0 Å². The van der Waals surface area contributed by atoms with Crippen LogP contribution in [0.2, 0.25) is 0 Å². The predicted molar refractivity (Wildman–Crippen MR) is 131 cm³/mol. The van der Waals surface area contributed by atoms with Gasteiger partial charge in [0.2, 0.25) is 0 Å². The molecule has 1 rings (SSSR count). The van der Waals surface area contributed by atoms with Gasteiger partial charge >= 0.3 is 0 Å². The second-order valence-electron chi connectivity index (χ2n) is 8.79. The molecule has 0 aromatic carbocycles. The first-order valence-corrected chi connectivity index (χ1v) is 13.0. The molecular formula is C27H46N2O3Pd. The molecule has 192 valence electrons. The number of aliphatic hydroxyl groups is 1. The van der Waals surface area contributed by atoms with Gasteiger partial charge in [-0.1, -0.05) is 103 Å². The average Bonchev–Trinajstić information content (AvgIpc) is 2.83. The Morgan fingerprint density at radius 2 is 1.36 bits per heavy atom. The van der Waals surface area contributed by atoms with Gasteiger partial charge in [-0.25, -0.2) is 4.98 Å². The molecule has 0 saturated carbocycles. The first-order valence-electron chi connectivity index (χ1n) is 13.0. The molecule has 0 bridgehead atoms. The number of hydrogen-bond acceptors (Lipinski definition) is 5. The van der Waals surface area contributed by atoms with Crippen LogP contribution in [0.15, 0.2) is 18.3 Å². The van der Waals surface area contributed by atoms with Crippen molar-refractivity contribution in [2.24, 2.45) is 0 Å². The van der Waals surface area contributed by atoms with Crippen LogP contribution in [-0.2, 0) is 25.2 Å². The Bertz CT molecular complexity index is 578. The second kappa shape index (κ2) is 24.2. The predicted octanol–water partition coefficient (Wildman–Crippen LogP) is 6.97. The van der Waals surface area contributed by atoms with Crippen LogP contribution in [0.1, 0.15) is 115 Å². The van der Waals surface area contributed by atoms with Crippen molar-refractivity contribution in [3.05, 3.63) is 24.0 Å². The van der Waals surface area contributed by atoms with E-state index in [-0.39, 0.29) is 27.0 Å². The number of rotatable bonds is 22. The molecule has 0 aliphatic rings. The molecule has 0 spiro atoms. The summed E-state index contributed by atoms with van der Waals surface area (Å²) in [5, 5.41) is 18.2. The summed E-state index contributed by atoms with van der Waals surface area (Å²) in [6.07, 6.45) is 22.8. The number of aromatic nitrogens is 1. The van der Waals surface area contributed by atoms with Gasteiger partial charge in [-0.2, -0.15) is 5.26 Å². The van der Waals surface area contributed by atoms with E-state index in [9.17, 15) is 5.11 Å². The van der Waals surface area contributed by atoms with Gasteiger partial charge in [0.15, 0.2) is 0 Å². The maximum absolute atomic E-state index is 9.45. The summed E-state index contributed by atoms with van der Waals surface area (Å²) >= 11 is 0. The van der Waals surface area contributed by atoms with Gasteiger partial charge in [0, 0.05) is 27.0 Å². The Morgan fingerprint density at radius 1 is 0.848 bits per heavy atom. The Hall–Kier alpha value is -0.978. The number of unbranched alkanes of at least 4 members (excludes halogenated alkanes) is 15. The number of ether oxygens (including phenoxy) is 2. The summed E-state index contributed by atoms with van der Waals surface area (Å²) < 4.78 is 11.3. The Kier molecular flexibility index (Phi) is 23.4. The molecule has 1 unspecified atom stereocenters. The summed E-state index contributed by atoms with van der Waals surface area (Å²) in [7, 11) is 0. The number of aliphatic hydroxyl groups excluding tert-OH is 1. The maximum atomic E-state index is 9.45. The van der Waals surface area contributed by atoms with E-state index in [0.717, 1.165) is 6.42 Å². The zero-order chi connectivity index (χ0) is 23.1. The smallest absolute Gasteiger partial charge is 0.145 e. The van der Waals surface area contributed by atoms with Gasteiger partial charge in [-0.3, -0.25) is 0 Å². The Labute approximate surface area is 216 Å². The van der Waals surface area contributed by atoms with Crippen LogP contribution in [0, 0.1) is 11.3 Å². The molecule has 0 radical (unpaired) electrons. The fourth-order valence-electron chi connectivity index (χ4n) is 3.80. The second-order valence-corrected chi connectivity index (χ2v) is 8.79. The van der Waals surface area contributed by atoms with Crippen molar-refractivity contribution in [2.45, 2.75) is 116 Å². The van der Waals surface area contributed by atoms with Crippen LogP contribution in [0.5, 0.6) is 5.75 Å². The van der Waals surface area contributed by atoms with Crippen molar-refractivity contribution < 1.29 is 35.0 Å².